The van der Waals surface area contributed by atoms with Gasteiger partial charge < -0.3 is 9.84 Å². The predicted octanol–water partition coefficient (Wildman–Crippen LogP) is 8.46. The van der Waals surface area contributed by atoms with Gasteiger partial charge in [-0.3, -0.25) is 9.59 Å². The lowest BCUT2D eigenvalue weighted by molar-refractivity contribution is -0.145. The molecule has 0 amide bonds. The first-order valence-corrected chi connectivity index (χ1v) is 13.5. The van der Waals surface area contributed by atoms with E-state index in [2.05, 4.69) is 13.8 Å². The number of esters is 1. The lowest BCUT2D eigenvalue weighted by atomic mass is 10.0. The number of ether oxygens (including phenoxy) is 1. The van der Waals surface area contributed by atoms with Gasteiger partial charge in [-0.2, -0.15) is 0 Å². The van der Waals surface area contributed by atoms with E-state index in [1.165, 1.54) is 89.9 Å². The van der Waals surface area contributed by atoms with E-state index in [1.54, 1.807) is 0 Å². The molecule has 1 atom stereocenters. The molecule has 0 heterocycles. The van der Waals surface area contributed by atoms with Gasteiger partial charge in [-0.25, -0.2) is 0 Å². The van der Waals surface area contributed by atoms with E-state index < -0.39 is 5.97 Å². The van der Waals surface area contributed by atoms with Gasteiger partial charge in [0.25, 0.3) is 0 Å². The molecular weight excluding hydrogens is 388 g/mol. The molecule has 0 aromatic heterocycles. The van der Waals surface area contributed by atoms with E-state index in [0.717, 1.165) is 32.1 Å². The highest BCUT2D eigenvalue weighted by atomic mass is 16.5. The van der Waals surface area contributed by atoms with Gasteiger partial charge in [0.05, 0.1) is 6.61 Å². The number of carboxylic acid groups (broad SMARTS) is 1. The van der Waals surface area contributed by atoms with Crippen LogP contribution in [0.15, 0.2) is 0 Å². The first kappa shape index (κ1) is 29.9. The summed E-state index contributed by atoms with van der Waals surface area (Å²) in [6, 6.07) is 0. The molecule has 0 aromatic carbocycles. The van der Waals surface area contributed by atoms with E-state index in [-0.39, 0.29) is 5.97 Å². The molecule has 0 saturated heterocycles. The zero-order valence-corrected chi connectivity index (χ0v) is 20.8. The molecule has 0 aliphatic rings. The van der Waals surface area contributed by atoms with Crippen molar-refractivity contribution in [2.24, 2.45) is 5.92 Å². The van der Waals surface area contributed by atoms with Crippen molar-refractivity contribution < 1.29 is 19.4 Å². The Hall–Kier alpha value is -1.06. The van der Waals surface area contributed by atoms with Crippen LogP contribution < -0.4 is 0 Å². The molecule has 0 aromatic rings. The molecule has 0 aliphatic heterocycles. The van der Waals surface area contributed by atoms with Crippen LogP contribution in [-0.2, 0) is 14.3 Å². The minimum absolute atomic E-state index is 0.00444. The van der Waals surface area contributed by atoms with Gasteiger partial charge in [0, 0.05) is 12.8 Å². The van der Waals surface area contributed by atoms with Crippen molar-refractivity contribution in [3.8, 4) is 0 Å². The highest BCUT2D eigenvalue weighted by Crippen LogP contribution is 2.15. The maximum Gasteiger partial charge on any atom is 0.305 e. The van der Waals surface area contributed by atoms with Crippen LogP contribution in [0.3, 0.4) is 0 Å². The van der Waals surface area contributed by atoms with Crippen molar-refractivity contribution in [3.05, 3.63) is 0 Å². The molecule has 1 unspecified atom stereocenters. The largest absolute Gasteiger partial charge is 0.481 e. The molecular formula is C27H52O4. The molecule has 1 N–H and O–H groups in total. The van der Waals surface area contributed by atoms with Crippen LogP contribution in [0.2, 0.25) is 0 Å². The van der Waals surface area contributed by atoms with Gasteiger partial charge in [-0.15, -0.1) is 0 Å². The van der Waals surface area contributed by atoms with Crippen LogP contribution in [0.4, 0.5) is 0 Å². The van der Waals surface area contributed by atoms with Crippen molar-refractivity contribution in [1.29, 1.82) is 0 Å². The second kappa shape index (κ2) is 23.6. The van der Waals surface area contributed by atoms with Gasteiger partial charge in [-0.05, 0) is 25.2 Å². The zero-order chi connectivity index (χ0) is 23.0. The summed E-state index contributed by atoms with van der Waals surface area (Å²) in [4.78, 5) is 22.3. The molecule has 0 spiro atoms. The van der Waals surface area contributed by atoms with Crippen LogP contribution in [0, 0.1) is 5.92 Å². The molecule has 4 nitrogen and oxygen atoms in total. The Labute approximate surface area is 192 Å². The standard InChI is InChI=1S/C27H52O4/c1-3-5-21-25(4-2)24-31-27(30)23-20-18-16-14-12-10-8-6-7-9-11-13-15-17-19-22-26(28)29/h25H,3-24H2,1-2H3,(H,28,29). The lowest BCUT2D eigenvalue weighted by Gasteiger charge is -2.14. The van der Waals surface area contributed by atoms with Gasteiger partial charge in [0.1, 0.15) is 0 Å². The second-order valence-corrected chi connectivity index (χ2v) is 9.30. The maximum absolute atomic E-state index is 11.9. The van der Waals surface area contributed by atoms with E-state index in [1.807, 2.05) is 0 Å². The Morgan fingerprint density at radius 3 is 1.45 bits per heavy atom. The topological polar surface area (TPSA) is 63.6 Å². The monoisotopic (exact) mass is 440 g/mol. The summed E-state index contributed by atoms with van der Waals surface area (Å²) >= 11 is 0. The number of carboxylic acids is 1. The average molecular weight is 441 g/mol. The molecule has 0 bridgehead atoms. The summed E-state index contributed by atoms with van der Waals surface area (Å²) in [5.74, 6) is -0.132. The molecule has 0 radical (unpaired) electrons. The van der Waals surface area contributed by atoms with Crippen molar-refractivity contribution in [3.63, 3.8) is 0 Å². The van der Waals surface area contributed by atoms with Crippen molar-refractivity contribution in [2.45, 2.75) is 149 Å². The Bertz CT molecular complexity index is 408. The predicted molar refractivity (Wildman–Crippen MR) is 130 cm³/mol. The number of carbonyl (C=O) groups is 2. The molecule has 0 rings (SSSR count). The fourth-order valence-corrected chi connectivity index (χ4v) is 4.02. The van der Waals surface area contributed by atoms with E-state index in [4.69, 9.17) is 9.84 Å². The normalized spacial score (nSPS) is 12.1. The summed E-state index contributed by atoms with van der Waals surface area (Å²) < 4.78 is 5.46. The first-order chi connectivity index (χ1) is 15.1. The fraction of sp³-hybridized carbons (Fsp3) is 0.926. The average Bonchev–Trinajstić information content (AvgIpc) is 2.75. The van der Waals surface area contributed by atoms with Crippen LogP contribution in [0.1, 0.15) is 149 Å². The fourth-order valence-electron chi connectivity index (χ4n) is 4.02. The molecule has 0 saturated carbocycles. The Kier molecular flexibility index (Phi) is 22.8. The zero-order valence-electron chi connectivity index (χ0n) is 20.8. The summed E-state index contributed by atoms with van der Waals surface area (Å²) in [7, 11) is 0. The van der Waals surface area contributed by atoms with E-state index in [0.29, 0.717) is 25.4 Å². The first-order valence-electron chi connectivity index (χ1n) is 13.5. The lowest BCUT2D eigenvalue weighted by Crippen LogP contribution is -2.13. The third-order valence-electron chi connectivity index (χ3n) is 6.29. The number of hydrogen-bond acceptors (Lipinski definition) is 3. The van der Waals surface area contributed by atoms with E-state index in [9.17, 15) is 9.59 Å². The SMILES string of the molecule is CCCCC(CC)COC(=O)CCCCCCCCCCCCCCCCCC(=O)O. The third-order valence-corrected chi connectivity index (χ3v) is 6.29. The maximum atomic E-state index is 11.9. The van der Waals surface area contributed by atoms with Crippen molar-refractivity contribution >= 4 is 11.9 Å². The van der Waals surface area contributed by atoms with Crippen LogP contribution in [-0.4, -0.2) is 23.7 Å². The molecule has 0 aliphatic carbocycles. The van der Waals surface area contributed by atoms with Gasteiger partial charge >= 0.3 is 11.9 Å². The molecule has 184 valence electrons. The molecule has 4 heteroatoms. The molecule has 31 heavy (non-hydrogen) atoms. The minimum Gasteiger partial charge on any atom is -0.481 e. The summed E-state index contributed by atoms with van der Waals surface area (Å²) in [6.45, 7) is 5.00. The van der Waals surface area contributed by atoms with Crippen molar-refractivity contribution in [1.82, 2.24) is 0 Å². The van der Waals surface area contributed by atoms with Crippen LogP contribution in [0.25, 0.3) is 0 Å². The second-order valence-electron chi connectivity index (χ2n) is 9.30. The third kappa shape index (κ3) is 23.4. The smallest absolute Gasteiger partial charge is 0.305 e. The van der Waals surface area contributed by atoms with Crippen molar-refractivity contribution in [2.75, 3.05) is 6.61 Å². The highest BCUT2D eigenvalue weighted by Gasteiger charge is 2.09. The summed E-state index contributed by atoms with van der Waals surface area (Å²) in [5, 5.41) is 8.59. The molecule has 0 fully saturated rings. The number of hydrogen-bond donors (Lipinski definition) is 1. The number of aliphatic carboxylic acids is 1. The van der Waals surface area contributed by atoms with E-state index >= 15 is 0 Å². The Morgan fingerprint density at radius 2 is 1.06 bits per heavy atom. The van der Waals surface area contributed by atoms with Crippen LogP contribution in [0.5, 0.6) is 0 Å². The quantitative estimate of drug-likeness (QED) is 0.121. The summed E-state index contributed by atoms with van der Waals surface area (Å²) in [5.41, 5.74) is 0. The van der Waals surface area contributed by atoms with Gasteiger partial charge in [-0.1, -0.05) is 117 Å². The number of carbonyl (C=O) groups excluding carboxylic acids is 1. The van der Waals surface area contributed by atoms with Gasteiger partial charge in [0.15, 0.2) is 0 Å². The van der Waals surface area contributed by atoms with Crippen LogP contribution >= 0.6 is 0 Å². The Balaban J connectivity index is 3.25. The number of rotatable bonds is 24. The minimum atomic E-state index is -0.668. The number of unbranched alkanes of at least 4 members (excludes halogenated alkanes) is 15. The van der Waals surface area contributed by atoms with Gasteiger partial charge in [0.2, 0.25) is 0 Å². The highest BCUT2D eigenvalue weighted by molar-refractivity contribution is 5.69. The summed E-state index contributed by atoms with van der Waals surface area (Å²) in [6.07, 6.45) is 23.9. The Morgan fingerprint density at radius 1 is 0.645 bits per heavy atom.